The first-order chi connectivity index (χ1) is 18.5. The third-order valence-corrected chi connectivity index (χ3v) is 5.94. The molecule has 0 unspecified atom stereocenters. The molecule has 4 aromatic rings. The Morgan fingerprint density at radius 1 is 0.947 bits per heavy atom. The predicted octanol–water partition coefficient (Wildman–Crippen LogP) is 4.32. The number of ether oxygens (including phenoxy) is 3. The van der Waals surface area contributed by atoms with E-state index in [1.165, 1.54) is 23.1 Å². The van der Waals surface area contributed by atoms with Gasteiger partial charge in [0.2, 0.25) is 6.79 Å². The van der Waals surface area contributed by atoms with Crippen molar-refractivity contribution in [3.05, 3.63) is 107 Å². The largest absolute Gasteiger partial charge is 0.497 e. The summed E-state index contributed by atoms with van der Waals surface area (Å²) in [5.41, 5.74) is 2.08. The molecule has 0 radical (unpaired) electrons. The van der Waals surface area contributed by atoms with Gasteiger partial charge in [-0.05, 0) is 53.6 Å². The first-order valence-corrected chi connectivity index (χ1v) is 11.8. The van der Waals surface area contributed by atoms with Crippen LogP contribution in [0.4, 0.5) is 4.39 Å². The number of hydrogen-bond donors (Lipinski definition) is 1. The summed E-state index contributed by atoms with van der Waals surface area (Å²) in [4.78, 5) is 27.6. The summed E-state index contributed by atoms with van der Waals surface area (Å²) in [5.74, 6) is 0.984. The number of rotatable bonds is 9. The van der Waals surface area contributed by atoms with Crippen molar-refractivity contribution in [3.63, 3.8) is 0 Å². The van der Waals surface area contributed by atoms with Crippen molar-refractivity contribution in [2.75, 3.05) is 13.9 Å². The van der Waals surface area contributed by atoms with Crippen molar-refractivity contribution in [2.24, 2.45) is 0 Å². The minimum Gasteiger partial charge on any atom is -0.497 e. The molecule has 0 atom stereocenters. The van der Waals surface area contributed by atoms with E-state index in [1.54, 1.807) is 37.4 Å². The van der Waals surface area contributed by atoms with Crippen LogP contribution in [0.1, 0.15) is 37.7 Å². The normalized spacial score (nSPS) is 11.7. The van der Waals surface area contributed by atoms with Crippen LogP contribution in [0.25, 0.3) is 0 Å². The van der Waals surface area contributed by atoms with E-state index < -0.39 is 5.91 Å². The quantitative estimate of drug-likeness (QED) is 0.353. The number of benzene rings is 3. The van der Waals surface area contributed by atoms with Gasteiger partial charge in [0.25, 0.3) is 11.8 Å². The molecule has 0 spiro atoms. The number of hydrogen-bond acceptors (Lipinski definition) is 7. The molecule has 0 bridgehead atoms. The Bertz CT molecular complexity index is 1440. The van der Waals surface area contributed by atoms with Crippen LogP contribution in [0.15, 0.2) is 77.3 Å². The molecule has 3 aromatic carbocycles. The topological polar surface area (TPSA) is 103 Å². The first kappa shape index (κ1) is 24.8. The molecule has 5 rings (SSSR count). The van der Waals surface area contributed by atoms with Crippen LogP contribution in [0.5, 0.6) is 17.2 Å². The Labute approximate surface area is 217 Å². The summed E-state index contributed by atoms with van der Waals surface area (Å²) in [6.45, 7) is 0.592. The number of aromatic nitrogens is 1. The van der Waals surface area contributed by atoms with Gasteiger partial charge in [0, 0.05) is 24.7 Å². The molecular weight excluding hydrogens is 493 g/mol. The third-order valence-electron chi connectivity index (χ3n) is 5.94. The van der Waals surface area contributed by atoms with Gasteiger partial charge in [0.1, 0.15) is 11.6 Å². The molecule has 1 aliphatic rings. The fourth-order valence-electron chi connectivity index (χ4n) is 3.92. The van der Waals surface area contributed by atoms with E-state index in [1.807, 2.05) is 24.3 Å². The fourth-order valence-corrected chi connectivity index (χ4v) is 3.92. The maximum absolute atomic E-state index is 13.5. The second-order valence-corrected chi connectivity index (χ2v) is 8.56. The monoisotopic (exact) mass is 517 g/mol. The molecule has 194 valence electrons. The minimum atomic E-state index is -0.414. The Kier molecular flexibility index (Phi) is 7.21. The molecule has 2 heterocycles. The zero-order chi connectivity index (χ0) is 26.5. The summed E-state index contributed by atoms with van der Waals surface area (Å²) < 4.78 is 34.7. The van der Waals surface area contributed by atoms with Crippen molar-refractivity contribution in [2.45, 2.75) is 19.6 Å². The first-order valence-electron chi connectivity index (χ1n) is 11.8. The lowest BCUT2D eigenvalue weighted by atomic mass is 10.1. The van der Waals surface area contributed by atoms with Crippen molar-refractivity contribution < 1.29 is 32.7 Å². The predicted molar refractivity (Wildman–Crippen MR) is 133 cm³/mol. The fraction of sp³-hybridized carbons (Fsp3) is 0.179. The second kappa shape index (κ2) is 11.0. The van der Waals surface area contributed by atoms with Crippen LogP contribution in [0.3, 0.4) is 0 Å². The van der Waals surface area contributed by atoms with Gasteiger partial charge in [0.05, 0.1) is 13.7 Å². The molecule has 38 heavy (non-hydrogen) atoms. The molecule has 0 saturated heterocycles. The van der Waals surface area contributed by atoms with E-state index in [-0.39, 0.29) is 37.3 Å². The zero-order valence-electron chi connectivity index (χ0n) is 20.5. The second-order valence-electron chi connectivity index (χ2n) is 8.56. The standard InChI is InChI=1S/C28H24FN3O6/c1-35-22-9-4-18(5-10-22)14-30-27(33)24-13-23(38-31-24)16-32(15-19-2-7-21(29)8-3-19)28(34)20-6-11-25-26(12-20)37-17-36-25/h2-13H,14-17H2,1H3,(H,30,33). The number of amides is 2. The number of nitrogens with zero attached hydrogens (tertiary/aromatic N) is 2. The van der Waals surface area contributed by atoms with Gasteiger partial charge in [-0.2, -0.15) is 0 Å². The van der Waals surface area contributed by atoms with Gasteiger partial charge in [0.15, 0.2) is 23.0 Å². The number of carbonyl (C=O) groups is 2. The van der Waals surface area contributed by atoms with Crippen LogP contribution in [0, 0.1) is 5.82 Å². The summed E-state index contributed by atoms with van der Waals surface area (Å²) in [5, 5.41) is 6.67. The van der Waals surface area contributed by atoms with Crippen LogP contribution >= 0.6 is 0 Å². The van der Waals surface area contributed by atoms with Gasteiger partial charge in [-0.15, -0.1) is 0 Å². The van der Waals surface area contributed by atoms with Gasteiger partial charge < -0.3 is 29.0 Å². The van der Waals surface area contributed by atoms with Crippen LogP contribution in [-0.2, 0) is 19.6 Å². The van der Waals surface area contributed by atoms with E-state index in [0.29, 0.717) is 29.4 Å². The highest BCUT2D eigenvalue weighted by molar-refractivity contribution is 5.95. The maximum Gasteiger partial charge on any atom is 0.273 e. The number of fused-ring (bicyclic) bond motifs is 1. The van der Waals surface area contributed by atoms with Crippen molar-refractivity contribution in [1.29, 1.82) is 0 Å². The molecule has 0 aliphatic carbocycles. The van der Waals surface area contributed by atoms with E-state index >= 15 is 0 Å². The zero-order valence-corrected chi connectivity index (χ0v) is 20.5. The molecule has 0 saturated carbocycles. The molecule has 1 N–H and O–H groups in total. The highest BCUT2D eigenvalue weighted by Gasteiger charge is 2.23. The lowest BCUT2D eigenvalue weighted by Crippen LogP contribution is -2.30. The van der Waals surface area contributed by atoms with E-state index in [9.17, 15) is 14.0 Å². The van der Waals surface area contributed by atoms with Gasteiger partial charge in [-0.1, -0.05) is 29.4 Å². The number of nitrogens with one attached hydrogen (secondary N) is 1. The molecule has 1 aliphatic heterocycles. The average Bonchev–Trinajstić information content (AvgIpc) is 3.62. The van der Waals surface area contributed by atoms with E-state index in [4.69, 9.17) is 18.7 Å². The van der Waals surface area contributed by atoms with Crippen molar-refractivity contribution in [1.82, 2.24) is 15.4 Å². The van der Waals surface area contributed by atoms with Gasteiger partial charge in [-0.25, -0.2) is 4.39 Å². The summed E-state index contributed by atoms with van der Waals surface area (Å²) in [6, 6.07) is 19.6. The summed E-state index contributed by atoms with van der Waals surface area (Å²) in [7, 11) is 1.59. The Morgan fingerprint density at radius 2 is 1.68 bits per heavy atom. The highest BCUT2D eigenvalue weighted by Crippen LogP contribution is 2.33. The Hall–Kier alpha value is -4.86. The average molecular weight is 518 g/mol. The summed E-state index contributed by atoms with van der Waals surface area (Å²) in [6.07, 6.45) is 0. The third kappa shape index (κ3) is 5.75. The lowest BCUT2D eigenvalue weighted by molar-refractivity contribution is 0.0712. The van der Waals surface area contributed by atoms with Crippen LogP contribution < -0.4 is 19.5 Å². The smallest absolute Gasteiger partial charge is 0.273 e. The maximum atomic E-state index is 13.5. The van der Waals surface area contributed by atoms with Gasteiger partial charge in [-0.3, -0.25) is 9.59 Å². The molecular formula is C28H24FN3O6. The molecule has 0 fully saturated rings. The highest BCUT2D eigenvalue weighted by atomic mass is 19.1. The minimum absolute atomic E-state index is 0.0312. The molecule has 2 amide bonds. The Morgan fingerprint density at radius 3 is 2.45 bits per heavy atom. The van der Waals surface area contributed by atoms with Crippen molar-refractivity contribution >= 4 is 11.8 Å². The molecule has 9 nitrogen and oxygen atoms in total. The van der Waals surface area contributed by atoms with E-state index in [2.05, 4.69) is 10.5 Å². The van der Waals surface area contributed by atoms with E-state index in [0.717, 1.165) is 16.9 Å². The van der Waals surface area contributed by atoms with Gasteiger partial charge >= 0.3 is 0 Å². The SMILES string of the molecule is COc1ccc(CNC(=O)c2cc(CN(Cc3ccc(F)cc3)C(=O)c3ccc4c(c3)OCO4)on2)cc1. The summed E-state index contributed by atoms with van der Waals surface area (Å²) >= 11 is 0. The lowest BCUT2D eigenvalue weighted by Gasteiger charge is -2.22. The van der Waals surface area contributed by atoms with Crippen molar-refractivity contribution in [3.8, 4) is 17.2 Å². The molecule has 1 aromatic heterocycles. The molecule has 10 heteroatoms. The number of halogens is 1. The number of methoxy groups -OCH3 is 1. The van der Waals surface area contributed by atoms with Crippen LogP contribution in [0.2, 0.25) is 0 Å². The number of carbonyl (C=O) groups excluding carboxylic acids is 2. The van der Waals surface area contributed by atoms with Crippen LogP contribution in [-0.4, -0.2) is 35.8 Å². The Balaban J connectivity index is 1.30.